The van der Waals surface area contributed by atoms with Gasteiger partial charge in [-0.15, -0.1) is 0 Å². The molecule has 1 aromatic heterocycles. The first-order chi connectivity index (χ1) is 14.3. The Hall–Kier alpha value is -3.49. The molecule has 2 nitrogen and oxygen atoms in total. The van der Waals surface area contributed by atoms with Crippen molar-refractivity contribution in [3.8, 4) is 33.5 Å². The first-order valence-electron chi connectivity index (χ1n) is 9.46. The van der Waals surface area contributed by atoms with E-state index >= 15 is 0 Å². The lowest BCUT2D eigenvalue weighted by molar-refractivity contribution is 1.22. The van der Waals surface area contributed by atoms with Crippen LogP contribution in [0.4, 0.5) is 0 Å². The third kappa shape index (κ3) is 3.51. The fraction of sp³-hybridized carbons (Fsp3) is 0. The predicted molar refractivity (Wildman–Crippen MR) is 121 cm³/mol. The fourth-order valence-electron chi connectivity index (χ4n) is 3.58. The molecule has 0 aliphatic rings. The lowest BCUT2D eigenvalue weighted by atomic mass is 9.99. The summed E-state index contributed by atoms with van der Waals surface area (Å²) in [6.07, 6.45) is 0. The van der Waals surface area contributed by atoms with Gasteiger partial charge in [0.1, 0.15) is 0 Å². The highest BCUT2D eigenvalue weighted by Gasteiger charge is 2.11. The minimum Gasteiger partial charge on any atom is -0.218 e. The van der Waals surface area contributed by atoms with Crippen molar-refractivity contribution in [2.45, 2.75) is 0 Å². The second kappa shape index (κ2) is 7.50. The van der Waals surface area contributed by atoms with Crippen molar-refractivity contribution in [3.63, 3.8) is 0 Å². The summed E-state index contributed by atoms with van der Waals surface area (Å²) in [5, 5.41) is 1.25. The van der Waals surface area contributed by atoms with E-state index < -0.39 is 0 Å². The summed E-state index contributed by atoms with van der Waals surface area (Å²) in [5.41, 5.74) is 7.36. The Bertz CT molecular complexity index is 1280. The van der Waals surface area contributed by atoms with Crippen molar-refractivity contribution < 1.29 is 0 Å². The maximum Gasteiger partial charge on any atom is 0.223 e. The van der Waals surface area contributed by atoms with Crippen molar-refractivity contribution in [3.05, 3.63) is 108 Å². The van der Waals surface area contributed by atoms with E-state index in [1.807, 2.05) is 42.5 Å². The number of nitrogens with zero attached hydrogens (tertiary/aromatic N) is 2. The van der Waals surface area contributed by atoms with Gasteiger partial charge in [-0.3, -0.25) is 0 Å². The van der Waals surface area contributed by atoms with Gasteiger partial charge in [-0.25, -0.2) is 9.97 Å². The molecule has 0 radical (unpaired) electrons. The number of benzene rings is 4. The monoisotopic (exact) mass is 392 g/mol. The van der Waals surface area contributed by atoms with Crippen LogP contribution in [0.25, 0.3) is 44.4 Å². The minimum atomic E-state index is 0.257. The van der Waals surface area contributed by atoms with Gasteiger partial charge in [0.2, 0.25) is 5.28 Å². The molecule has 0 bridgehead atoms. The van der Waals surface area contributed by atoms with Crippen LogP contribution < -0.4 is 0 Å². The van der Waals surface area contributed by atoms with Crippen molar-refractivity contribution in [1.29, 1.82) is 0 Å². The van der Waals surface area contributed by atoms with Crippen molar-refractivity contribution in [1.82, 2.24) is 9.97 Å². The van der Waals surface area contributed by atoms with E-state index in [1.165, 1.54) is 11.1 Å². The Balaban J connectivity index is 1.64. The van der Waals surface area contributed by atoms with Crippen LogP contribution >= 0.6 is 11.6 Å². The van der Waals surface area contributed by atoms with Crippen LogP contribution in [0.2, 0.25) is 5.28 Å². The van der Waals surface area contributed by atoms with Gasteiger partial charge in [0, 0.05) is 10.9 Å². The lowest BCUT2D eigenvalue weighted by Crippen LogP contribution is -1.92. The van der Waals surface area contributed by atoms with Gasteiger partial charge in [-0.05, 0) is 46.0 Å². The number of halogens is 1. The molecule has 0 aliphatic heterocycles. The molecule has 0 spiro atoms. The molecule has 5 aromatic rings. The summed E-state index contributed by atoms with van der Waals surface area (Å²) < 4.78 is 0. The summed E-state index contributed by atoms with van der Waals surface area (Å²) in [7, 11) is 0. The molecule has 0 fully saturated rings. The molecule has 5 rings (SSSR count). The molecular weight excluding hydrogens is 376 g/mol. The van der Waals surface area contributed by atoms with Crippen LogP contribution in [0.5, 0.6) is 0 Å². The summed E-state index contributed by atoms with van der Waals surface area (Å²) in [6.45, 7) is 0. The standard InChI is InChI=1S/C26H17ClN2/c27-26-28-24-16-15-22(19-9-5-2-6-10-19)17-23(24)25(29-26)21-13-11-20(12-14-21)18-7-3-1-4-8-18/h1-17H. The Labute approximate surface area is 174 Å². The zero-order valence-electron chi connectivity index (χ0n) is 15.6. The number of hydrogen-bond acceptors (Lipinski definition) is 2. The first kappa shape index (κ1) is 17.6. The summed E-state index contributed by atoms with van der Waals surface area (Å²) in [6, 6.07) is 35.3. The van der Waals surface area contributed by atoms with Crippen LogP contribution in [0, 0.1) is 0 Å². The Morgan fingerprint density at radius 2 is 1.00 bits per heavy atom. The van der Waals surface area contributed by atoms with Gasteiger partial charge >= 0.3 is 0 Å². The zero-order chi connectivity index (χ0) is 19.6. The van der Waals surface area contributed by atoms with Gasteiger partial charge in [-0.1, -0.05) is 91.0 Å². The zero-order valence-corrected chi connectivity index (χ0v) is 16.3. The van der Waals surface area contributed by atoms with E-state index in [1.54, 1.807) is 0 Å². The molecule has 0 unspecified atom stereocenters. The van der Waals surface area contributed by atoms with Gasteiger partial charge < -0.3 is 0 Å². The number of fused-ring (bicyclic) bond motifs is 1. The summed E-state index contributed by atoms with van der Waals surface area (Å²) >= 11 is 6.24. The Morgan fingerprint density at radius 1 is 0.483 bits per heavy atom. The van der Waals surface area contributed by atoms with Crippen LogP contribution in [0.15, 0.2) is 103 Å². The molecule has 0 saturated carbocycles. The maximum atomic E-state index is 6.24. The molecular formula is C26H17ClN2. The van der Waals surface area contributed by atoms with E-state index in [-0.39, 0.29) is 5.28 Å². The van der Waals surface area contributed by atoms with E-state index in [4.69, 9.17) is 11.6 Å². The second-order valence-electron chi connectivity index (χ2n) is 6.88. The molecule has 1 heterocycles. The third-order valence-electron chi connectivity index (χ3n) is 5.04. The number of hydrogen-bond donors (Lipinski definition) is 0. The van der Waals surface area contributed by atoms with Gasteiger partial charge in [-0.2, -0.15) is 0 Å². The van der Waals surface area contributed by atoms with Gasteiger partial charge in [0.05, 0.1) is 11.2 Å². The minimum absolute atomic E-state index is 0.257. The van der Waals surface area contributed by atoms with Crippen molar-refractivity contribution in [2.24, 2.45) is 0 Å². The summed E-state index contributed by atoms with van der Waals surface area (Å²) in [5.74, 6) is 0. The molecule has 0 amide bonds. The fourth-order valence-corrected chi connectivity index (χ4v) is 3.76. The van der Waals surface area contributed by atoms with E-state index in [2.05, 4.69) is 70.6 Å². The average Bonchev–Trinajstić information content (AvgIpc) is 2.79. The number of aromatic nitrogens is 2. The molecule has 0 atom stereocenters. The van der Waals surface area contributed by atoms with Crippen molar-refractivity contribution >= 4 is 22.5 Å². The lowest BCUT2D eigenvalue weighted by Gasteiger charge is -2.10. The maximum absolute atomic E-state index is 6.24. The molecule has 3 heteroatoms. The van der Waals surface area contributed by atoms with E-state index in [0.29, 0.717) is 0 Å². The van der Waals surface area contributed by atoms with Crippen molar-refractivity contribution in [2.75, 3.05) is 0 Å². The summed E-state index contributed by atoms with van der Waals surface area (Å²) in [4.78, 5) is 8.98. The Kier molecular flexibility index (Phi) is 4.55. The SMILES string of the molecule is Clc1nc(-c2ccc(-c3ccccc3)cc2)c2cc(-c3ccccc3)ccc2n1. The predicted octanol–water partition coefficient (Wildman–Crippen LogP) is 7.28. The van der Waals surface area contributed by atoms with Crippen LogP contribution in [0.3, 0.4) is 0 Å². The van der Waals surface area contributed by atoms with Gasteiger partial charge in [0.15, 0.2) is 0 Å². The molecule has 0 aliphatic carbocycles. The topological polar surface area (TPSA) is 25.8 Å². The largest absolute Gasteiger partial charge is 0.223 e. The smallest absolute Gasteiger partial charge is 0.218 e. The number of rotatable bonds is 3. The van der Waals surface area contributed by atoms with Crippen LogP contribution in [0.1, 0.15) is 0 Å². The van der Waals surface area contributed by atoms with Crippen LogP contribution in [-0.2, 0) is 0 Å². The normalized spacial score (nSPS) is 10.9. The highest BCUT2D eigenvalue weighted by molar-refractivity contribution is 6.28. The Morgan fingerprint density at radius 3 is 1.66 bits per heavy atom. The quantitative estimate of drug-likeness (QED) is 0.301. The van der Waals surface area contributed by atoms with E-state index in [0.717, 1.165) is 33.3 Å². The average molecular weight is 393 g/mol. The molecule has 4 aromatic carbocycles. The molecule has 0 N–H and O–H groups in total. The third-order valence-corrected chi connectivity index (χ3v) is 5.21. The molecule has 29 heavy (non-hydrogen) atoms. The van der Waals surface area contributed by atoms with E-state index in [9.17, 15) is 0 Å². The second-order valence-corrected chi connectivity index (χ2v) is 7.22. The highest BCUT2D eigenvalue weighted by atomic mass is 35.5. The van der Waals surface area contributed by atoms with Crippen LogP contribution in [-0.4, -0.2) is 9.97 Å². The molecule has 138 valence electrons. The van der Waals surface area contributed by atoms with Gasteiger partial charge in [0.25, 0.3) is 0 Å². The highest BCUT2D eigenvalue weighted by Crippen LogP contribution is 2.32. The molecule has 0 saturated heterocycles. The first-order valence-corrected chi connectivity index (χ1v) is 9.84.